The number of nitrogens with two attached hydrogens (primary N) is 1. The molecule has 1 heterocycles. The third kappa shape index (κ3) is 3.50. The Kier molecular flexibility index (Phi) is 3.64. The Morgan fingerprint density at radius 2 is 2.15 bits per heavy atom. The normalized spacial score (nSPS) is 11.3. The maximum Gasteiger partial charge on any atom is 0.416 e. The van der Waals surface area contributed by atoms with E-state index in [1.54, 1.807) is 0 Å². The van der Waals surface area contributed by atoms with E-state index in [0.717, 1.165) is 12.1 Å². The highest BCUT2D eigenvalue weighted by atomic mass is 19.4. The number of nitrogens with one attached hydrogen (secondary N) is 1. The van der Waals surface area contributed by atoms with Crippen LogP contribution in [0.5, 0.6) is 0 Å². The molecule has 8 heteroatoms. The summed E-state index contributed by atoms with van der Waals surface area (Å²) < 4.78 is 38.8. The lowest BCUT2D eigenvalue weighted by Crippen LogP contribution is -2.19. The number of amides is 1. The summed E-state index contributed by atoms with van der Waals surface area (Å²) in [5.41, 5.74) is 5.09. The zero-order chi connectivity index (χ0) is 14.8. The van der Waals surface area contributed by atoms with Gasteiger partial charge in [-0.25, -0.2) is 0 Å². The van der Waals surface area contributed by atoms with Crippen LogP contribution >= 0.6 is 0 Å². The molecule has 0 unspecified atom stereocenters. The molecule has 2 aromatic rings. The molecule has 0 radical (unpaired) electrons. The number of benzene rings is 1. The quantitative estimate of drug-likeness (QED) is 0.906. The Balaban J connectivity index is 2.04. The average Bonchev–Trinajstić information content (AvgIpc) is 2.73. The molecule has 0 aliphatic carbocycles. The number of anilines is 2. The van der Waals surface area contributed by atoms with Crippen LogP contribution in [0.25, 0.3) is 0 Å². The highest BCUT2D eigenvalue weighted by Crippen LogP contribution is 2.30. The average molecular weight is 284 g/mol. The van der Waals surface area contributed by atoms with E-state index in [-0.39, 0.29) is 12.2 Å². The summed E-state index contributed by atoms with van der Waals surface area (Å²) in [5.74, 6) is -0.493. The van der Waals surface area contributed by atoms with Gasteiger partial charge < -0.3 is 11.1 Å². The van der Waals surface area contributed by atoms with E-state index in [4.69, 9.17) is 5.73 Å². The topological polar surface area (TPSA) is 72.9 Å². The molecular formula is C12H11F3N4O. The molecule has 0 atom stereocenters. The first-order chi connectivity index (χ1) is 9.34. The fourth-order valence-electron chi connectivity index (χ4n) is 1.59. The number of hydrogen-bond donors (Lipinski definition) is 2. The SMILES string of the molecule is Nc1cnn(CC(=O)Nc2cccc(C(F)(F)F)c2)c1. The second-order valence-electron chi connectivity index (χ2n) is 4.10. The second kappa shape index (κ2) is 5.24. The van der Waals surface area contributed by atoms with Gasteiger partial charge in [0.1, 0.15) is 6.54 Å². The Labute approximate surface area is 112 Å². The van der Waals surface area contributed by atoms with Crippen LogP contribution in [0.1, 0.15) is 5.56 Å². The second-order valence-corrected chi connectivity index (χ2v) is 4.10. The number of halogens is 3. The molecular weight excluding hydrogens is 273 g/mol. The van der Waals surface area contributed by atoms with Crippen molar-refractivity contribution >= 4 is 17.3 Å². The maximum atomic E-state index is 12.5. The molecule has 0 bridgehead atoms. The van der Waals surface area contributed by atoms with Crippen molar-refractivity contribution in [2.45, 2.75) is 12.7 Å². The molecule has 0 aliphatic heterocycles. The molecule has 0 spiro atoms. The zero-order valence-electron chi connectivity index (χ0n) is 10.2. The highest BCUT2D eigenvalue weighted by Gasteiger charge is 2.30. The van der Waals surface area contributed by atoms with Crippen molar-refractivity contribution in [3.8, 4) is 0 Å². The van der Waals surface area contributed by atoms with E-state index in [0.29, 0.717) is 5.69 Å². The fourth-order valence-corrected chi connectivity index (χ4v) is 1.59. The third-order valence-electron chi connectivity index (χ3n) is 2.43. The third-order valence-corrected chi connectivity index (χ3v) is 2.43. The first kappa shape index (κ1) is 13.9. The van der Waals surface area contributed by atoms with Gasteiger partial charge in [-0.1, -0.05) is 6.07 Å². The Hall–Kier alpha value is -2.51. The molecule has 5 nitrogen and oxygen atoms in total. The lowest BCUT2D eigenvalue weighted by Gasteiger charge is -2.09. The van der Waals surface area contributed by atoms with Gasteiger partial charge in [0.2, 0.25) is 5.91 Å². The van der Waals surface area contributed by atoms with Crippen LogP contribution in [0.4, 0.5) is 24.5 Å². The highest BCUT2D eigenvalue weighted by molar-refractivity contribution is 5.90. The molecule has 106 valence electrons. The van der Waals surface area contributed by atoms with Crippen LogP contribution in [0, 0.1) is 0 Å². The van der Waals surface area contributed by atoms with Crippen molar-refractivity contribution in [1.82, 2.24) is 9.78 Å². The van der Waals surface area contributed by atoms with E-state index >= 15 is 0 Å². The number of alkyl halides is 3. The fraction of sp³-hybridized carbons (Fsp3) is 0.167. The lowest BCUT2D eigenvalue weighted by molar-refractivity contribution is -0.137. The molecule has 2 rings (SSSR count). The number of carbonyl (C=O) groups is 1. The van der Waals surface area contributed by atoms with Gasteiger partial charge in [-0.15, -0.1) is 0 Å². The van der Waals surface area contributed by atoms with Gasteiger partial charge in [-0.3, -0.25) is 9.48 Å². The molecule has 1 aromatic heterocycles. The minimum Gasteiger partial charge on any atom is -0.396 e. The minimum absolute atomic E-state index is 0.0740. The number of rotatable bonds is 3. The van der Waals surface area contributed by atoms with E-state index in [1.165, 1.54) is 29.2 Å². The van der Waals surface area contributed by atoms with Gasteiger partial charge in [0.15, 0.2) is 0 Å². The molecule has 0 saturated carbocycles. The summed E-state index contributed by atoms with van der Waals surface area (Å²) >= 11 is 0. The molecule has 1 amide bonds. The van der Waals surface area contributed by atoms with Crippen molar-refractivity contribution in [2.75, 3.05) is 11.1 Å². The van der Waals surface area contributed by atoms with E-state index < -0.39 is 17.6 Å². The van der Waals surface area contributed by atoms with Gasteiger partial charge >= 0.3 is 6.18 Å². The summed E-state index contributed by atoms with van der Waals surface area (Å²) in [5, 5.41) is 6.18. The lowest BCUT2D eigenvalue weighted by atomic mass is 10.2. The van der Waals surface area contributed by atoms with Crippen molar-refractivity contribution in [3.05, 3.63) is 42.2 Å². The van der Waals surface area contributed by atoms with Crippen LogP contribution in [-0.2, 0) is 17.5 Å². The number of nitrogens with zero attached hydrogens (tertiary/aromatic N) is 2. The minimum atomic E-state index is -4.45. The standard InChI is InChI=1S/C12H11F3N4O/c13-12(14,15)8-2-1-3-10(4-8)18-11(20)7-19-6-9(16)5-17-19/h1-6H,7,16H2,(H,18,20). The van der Waals surface area contributed by atoms with E-state index in [2.05, 4.69) is 10.4 Å². The monoisotopic (exact) mass is 284 g/mol. The predicted molar refractivity (Wildman–Crippen MR) is 66.7 cm³/mol. The van der Waals surface area contributed by atoms with Crippen molar-refractivity contribution in [3.63, 3.8) is 0 Å². The molecule has 0 fully saturated rings. The van der Waals surface area contributed by atoms with Gasteiger partial charge in [-0.05, 0) is 18.2 Å². The van der Waals surface area contributed by atoms with Crippen LogP contribution in [0.3, 0.4) is 0 Å². The summed E-state index contributed by atoms with van der Waals surface area (Å²) in [7, 11) is 0. The maximum absolute atomic E-state index is 12.5. The van der Waals surface area contributed by atoms with Gasteiger partial charge in [0.05, 0.1) is 17.4 Å². The summed E-state index contributed by atoms with van der Waals surface area (Å²) in [4.78, 5) is 11.7. The molecule has 0 saturated heterocycles. The Morgan fingerprint density at radius 1 is 1.40 bits per heavy atom. The van der Waals surface area contributed by atoms with Gasteiger partial charge in [0, 0.05) is 11.9 Å². The number of nitrogen functional groups attached to an aromatic ring is 1. The molecule has 0 aliphatic rings. The van der Waals surface area contributed by atoms with Gasteiger partial charge in [0.25, 0.3) is 0 Å². The van der Waals surface area contributed by atoms with Crippen molar-refractivity contribution in [1.29, 1.82) is 0 Å². The first-order valence-corrected chi connectivity index (χ1v) is 5.59. The van der Waals surface area contributed by atoms with E-state index in [1.807, 2.05) is 0 Å². The smallest absolute Gasteiger partial charge is 0.396 e. The first-order valence-electron chi connectivity index (χ1n) is 5.59. The Bertz CT molecular complexity index is 621. The molecule has 3 N–H and O–H groups in total. The number of aromatic nitrogens is 2. The van der Waals surface area contributed by atoms with Gasteiger partial charge in [-0.2, -0.15) is 18.3 Å². The van der Waals surface area contributed by atoms with Crippen molar-refractivity contribution in [2.24, 2.45) is 0 Å². The zero-order valence-corrected chi connectivity index (χ0v) is 10.2. The van der Waals surface area contributed by atoms with Crippen LogP contribution < -0.4 is 11.1 Å². The van der Waals surface area contributed by atoms with Crippen LogP contribution in [0.15, 0.2) is 36.7 Å². The van der Waals surface area contributed by atoms with Crippen LogP contribution in [-0.4, -0.2) is 15.7 Å². The largest absolute Gasteiger partial charge is 0.416 e. The number of hydrogen-bond acceptors (Lipinski definition) is 3. The van der Waals surface area contributed by atoms with Crippen molar-refractivity contribution < 1.29 is 18.0 Å². The number of carbonyl (C=O) groups excluding carboxylic acids is 1. The summed E-state index contributed by atoms with van der Waals surface area (Å²) in [6.07, 6.45) is -1.62. The van der Waals surface area contributed by atoms with E-state index in [9.17, 15) is 18.0 Å². The summed E-state index contributed by atoms with van der Waals surface area (Å²) in [6.45, 7) is -0.132. The van der Waals surface area contributed by atoms with Crippen LogP contribution in [0.2, 0.25) is 0 Å². The summed E-state index contributed by atoms with van der Waals surface area (Å²) in [6, 6.07) is 4.41. The molecule has 1 aromatic carbocycles. The Morgan fingerprint density at radius 3 is 2.75 bits per heavy atom. The molecule has 20 heavy (non-hydrogen) atoms. The predicted octanol–water partition coefficient (Wildman–Crippen LogP) is 2.12.